The molecule has 148 valence electrons. The van der Waals surface area contributed by atoms with Gasteiger partial charge in [0.25, 0.3) is 0 Å². The monoisotopic (exact) mass is 475 g/mol. The normalized spacial score (nSPS) is 23.0. The number of nitrogens with one attached hydrogen (secondary N) is 1. The van der Waals surface area contributed by atoms with Gasteiger partial charge in [-0.15, -0.1) is 24.0 Å². The maximum absolute atomic E-state index is 10.7. The highest BCUT2D eigenvalue weighted by Gasteiger charge is 2.30. The molecule has 0 radical (unpaired) electrons. The van der Waals surface area contributed by atoms with Gasteiger partial charge in [0.15, 0.2) is 5.96 Å². The van der Waals surface area contributed by atoms with Gasteiger partial charge in [-0.3, -0.25) is 9.67 Å². The largest absolute Gasteiger partial charge is 0.388 e. The van der Waals surface area contributed by atoms with Crippen molar-refractivity contribution in [2.45, 2.75) is 57.5 Å². The Bertz CT molecular complexity index is 582. The lowest BCUT2D eigenvalue weighted by molar-refractivity contribution is 0.0130. The molecule has 0 aromatic carbocycles. The molecule has 1 unspecified atom stereocenters. The van der Waals surface area contributed by atoms with Crippen LogP contribution in [-0.2, 0) is 13.5 Å². The Labute approximate surface area is 174 Å². The number of guanidine groups is 1. The summed E-state index contributed by atoms with van der Waals surface area (Å²) in [5, 5.41) is 18.4. The van der Waals surface area contributed by atoms with E-state index < -0.39 is 5.60 Å². The van der Waals surface area contributed by atoms with Gasteiger partial charge in [-0.2, -0.15) is 5.10 Å². The number of halogens is 1. The Balaban J connectivity index is 0.00000243. The second-order valence-corrected chi connectivity index (χ2v) is 7.78. The molecule has 0 amide bonds. The second kappa shape index (κ2) is 9.92. The van der Waals surface area contributed by atoms with Crippen LogP contribution in [0.2, 0.25) is 0 Å². The molecule has 6 nitrogen and oxygen atoms in total. The topological polar surface area (TPSA) is 65.7 Å². The summed E-state index contributed by atoms with van der Waals surface area (Å²) in [5.41, 5.74) is 0.723. The van der Waals surface area contributed by atoms with Crippen LogP contribution in [0, 0.1) is 5.92 Å². The number of hydrogen-bond donors (Lipinski definition) is 2. The van der Waals surface area contributed by atoms with Gasteiger partial charge in [0.2, 0.25) is 0 Å². The third kappa shape index (κ3) is 5.84. The molecule has 1 aliphatic carbocycles. The second-order valence-electron chi connectivity index (χ2n) is 7.78. The number of likely N-dealkylation sites (tertiary alicyclic amines) is 1. The number of aryl methyl sites for hydroxylation is 1. The lowest BCUT2D eigenvalue weighted by atomic mass is 9.85. The van der Waals surface area contributed by atoms with Gasteiger partial charge in [0, 0.05) is 32.9 Å². The van der Waals surface area contributed by atoms with E-state index in [4.69, 9.17) is 4.99 Å². The van der Waals surface area contributed by atoms with E-state index in [2.05, 4.69) is 28.4 Å². The van der Waals surface area contributed by atoms with Crippen molar-refractivity contribution in [1.82, 2.24) is 20.0 Å². The molecule has 1 aliphatic heterocycles. The lowest BCUT2D eigenvalue weighted by Crippen LogP contribution is -2.42. The van der Waals surface area contributed by atoms with Crippen molar-refractivity contribution in [3.05, 3.63) is 18.0 Å². The summed E-state index contributed by atoms with van der Waals surface area (Å²) in [4.78, 5) is 7.16. The number of hydrogen-bond acceptors (Lipinski definition) is 3. The van der Waals surface area contributed by atoms with Gasteiger partial charge in [-0.25, -0.2) is 0 Å². The molecule has 1 atom stereocenters. The molecule has 7 heteroatoms. The molecule has 2 fully saturated rings. The molecule has 2 aliphatic rings. The SMILES string of the molecule is CCNC(=NCC1(O)CCCCC1)N1CCC(Cc2cnn(C)c2)C1.I. The standard InChI is InChI=1S/C19H33N5O.HI/c1-3-20-18(21-15-19(25)8-5-4-6-9-19)24-10-7-16(14-24)11-17-12-22-23(2)13-17;/h12-13,16,25H,3-11,14-15H2,1-2H3,(H,20,21);1H. The van der Waals surface area contributed by atoms with Crippen LogP contribution >= 0.6 is 24.0 Å². The molecule has 0 spiro atoms. The molecular weight excluding hydrogens is 441 g/mol. The minimum atomic E-state index is -0.590. The molecule has 0 bridgehead atoms. The van der Waals surface area contributed by atoms with E-state index in [0.717, 1.165) is 57.7 Å². The van der Waals surface area contributed by atoms with Crippen LogP contribution < -0.4 is 5.32 Å². The van der Waals surface area contributed by atoms with Gasteiger partial charge in [0.1, 0.15) is 0 Å². The number of rotatable bonds is 5. The summed E-state index contributed by atoms with van der Waals surface area (Å²) in [5.74, 6) is 1.61. The minimum Gasteiger partial charge on any atom is -0.388 e. The van der Waals surface area contributed by atoms with Gasteiger partial charge in [-0.05, 0) is 44.1 Å². The quantitative estimate of drug-likeness (QED) is 0.391. The van der Waals surface area contributed by atoms with E-state index in [1.807, 2.05) is 17.9 Å². The minimum absolute atomic E-state index is 0. The van der Waals surface area contributed by atoms with Crippen molar-refractivity contribution in [2.24, 2.45) is 18.0 Å². The van der Waals surface area contributed by atoms with Crippen molar-refractivity contribution in [2.75, 3.05) is 26.2 Å². The van der Waals surface area contributed by atoms with E-state index in [0.29, 0.717) is 12.5 Å². The molecule has 1 aromatic rings. The number of aliphatic imine (C=N–C) groups is 1. The van der Waals surface area contributed by atoms with Gasteiger partial charge in [0.05, 0.1) is 18.3 Å². The van der Waals surface area contributed by atoms with Crippen molar-refractivity contribution in [3.63, 3.8) is 0 Å². The maximum atomic E-state index is 10.7. The lowest BCUT2D eigenvalue weighted by Gasteiger charge is -2.31. The molecule has 2 N–H and O–H groups in total. The highest BCUT2D eigenvalue weighted by Crippen LogP contribution is 2.28. The molecule has 2 heterocycles. The molecular formula is C19H34IN5O. The average molecular weight is 475 g/mol. The number of aromatic nitrogens is 2. The fourth-order valence-electron chi connectivity index (χ4n) is 4.12. The van der Waals surface area contributed by atoms with Crippen LogP contribution in [0.5, 0.6) is 0 Å². The summed E-state index contributed by atoms with van der Waals surface area (Å²) in [6.45, 7) is 5.56. The van der Waals surface area contributed by atoms with E-state index in [9.17, 15) is 5.11 Å². The number of nitrogens with zero attached hydrogens (tertiary/aromatic N) is 4. The molecule has 1 saturated carbocycles. The Morgan fingerprint density at radius 3 is 2.81 bits per heavy atom. The van der Waals surface area contributed by atoms with Crippen molar-refractivity contribution in [1.29, 1.82) is 0 Å². The zero-order chi connectivity index (χ0) is 17.7. The van der Waals surface area contributed by atoms with Crippen LogP contribution in [0.25, 0.3) is 0 Å². The zero-order valence-corrected chi connectivity index (χ0v) is 18.5. The number of aliphatic hydroxyl groups is 1. The van der Waals surface area contributed by atoms with E-state index in [1.54, 1.807) is 0 Å². The highest BCUT2D eigenvalue weighted by molar-refractivity contribution is 14.0. The Morgan fingerprint density at radius 2 is 2.15 bits per heavy atom. The first-order valence-electron chi connectivity index (χ1n) is 9.81. The summed E-state index contributed by atoms with van der Waals surface area (Å²) in [6.07, 6.45) is 11.6. The summed E-state index contributed by atoms with van der Waals surface area (Å²) in [7, 11) is 1.97. The maximum Gasteiger partial charge on any atom is 0.194 e. The first-order chi connectivity index (χ1) is 12.1. The van der Waals surface area contributed by atoms with Gasteiger partial charge < -0.3 is 15.3 Å². The molecule has 26 heavy (non-hydrogen) atoms. The predicted octanol–water partition coefficient (Wildman–Crippen LogP) is 2.56. The Hall–Kier alpha value is -0.830. The van der Waals surface area contributed by atoms with Crippen molar-refractivity contribution in [3.8, 4) is 0 Å². The van der Waals surface area contributed by atoms with E-state index >= 15 is 0 Å². The zero-order valence-electron chi connectivity index (χ0n) is 16.2. The van der Waals surface area contributed by atoms with Crippen LogP contribution in [0.4, 0.5) is 0 Å². The smallest absolute Gasteiger partial charge is 0.194 e. The third-order valence-corrected chi connectivity index (χ3v) is 5.51. The molecule has 1 saturated heterocycles. The highest BCUT2D eigenvalue weighted by atomic mass is 127. The molecule has 1 aromatic heterocycles. The Kier molecular flexibility index (Phi) is 8.19. The van der Waals surface area contributed by atoms with Crippen LogP contribution in [0.1, 0.15) is 51.0 Å². The van der Waals surface area contributed by atoms with Crippen LogP contribution in [0.15, 0.2) is 17.4 Å². The summed E-state index contributed by atoms with van der Waals surface area (Å²) in [6, 6.07) is 0. The van der Waals surface area contributed by atoms with E-state index in [1.165, 1.54) is 18.4 Å². The van der Waals surface area contributed by atoms with Crippen molar-refractivity contribution < 1.29 is 5.11 Å². The Morgan fingerprint density at radius 1 is 1.38 bits per heavy atom. The first kappa shape index (κ1) is 21.5. The fourth-order valence-corrected chi connectivity index (χ4v) is 4.12. The van der Waals surface area contributed by atoms with Gasteiger partial charge in [-0.1, -0.05) is 19.3 Å². The first-order valence-corrected chi connectivity index (χ1v) is 9.81. The van der Waals surface area contributed by atoms with Gasteiger partial charge >= 0.3 is 0 Å². The molecule has 3 rings (SSSR count). The van der Waals surface area contributed by atoms with Crippen LogP contribution in [-0.4, -0.2) is 57.5 Å². The average Bonchev–Trinajstić information content (AvgIpc) is 3.22. The third-order valence-electron chi connectivity index (χ3n) is 5.51. The van der Waals surface area contributed by atoms with Crippen molar-refractivity contribution >= 4 is 29.9 Å². The van der Waals surface area contributed by atoms with E-state index in [-0.39, 0.29) is 24.0 Å². The van der Waals surface area contributed by atoms with Crippen LogP contribution in [0.3, 0.4) is 0 Å². The predicted molar refractivity (Wildman–Crippen MR) is 116 cm³/mol. The fraction of sp³-hybridized carbons (Fsp3) is 0.789. The summed E-state index contributed by atoms with van der Waals surface area (Å²) < 4.78 is 1.87. The summed E-state index contributed by atoms with van der Waals surface area (Å²) >= 11 is 0.